The number of urea groups is 2. The minimum atomic E-state index is -0.252. The van der Waals surface area contributed by atoms with E-state index in [1.807, 2.05) is 77.7 Å². The molecule has 1 fully saturated rings. The van der Waals surface area contributed by atoms with Crippen LogP contribution in [0.3, 0.4) is 0 Å². The molecule has 1 saturated heterocycles. The van der Waals surface area contributed by atoms with Crippen LogP contribution in [0.25, 0.3) is 11.1 Å². The highest BCUT2D eigenvalue weighted by Gasteiger charge is 2.64. The van der Waals surface area contributed by atoms with Crippen molar-refractivity contribution in [3.8, 4) is 11.1 Å². The number of quaternary nitrogens is 1. The molecule has 0 aromatic heterocycles. The Labute approximate surface area is 205 Å². The summed E-state index contributed by atoms with van der Waals surface area (Å²) in [7, 11) is 0. The maximum atomic E-state index is 14.4. The third-order valence-corrected chi connectivity index (χ3v) is 7.39. The second-order valence-electron chi connectivity index (χ2n) is 9.41. The molecule has 1 spiro atoms. The first-order valence-corrected chi connectivity index (χ1v) is 12.5. The van der Waals surface area contributed by atoms with Crippen LogP contribution in [0, 0.1) is 0 Å². The molecule has 1 unspecified atom stereocenters. The van der Waals surface area contributed by atoms with E-state index in [1.54, 1.807) is 9.91 Å². The van der Waals surface area contributed by atoms with Crippen LogP contribution in [0.4, 0.5) is 32.3 Å². The van der Waals surface area contributed by atoms with Crippen LogP contribution >= 0.6 is 0 Å². The molecule has 3 aromatic rings. The summed E-state index contributed by atoms with van der Waals surface area (Å²) in [5.41, 5.74) is 11.0. The number of hydrogen-bond donors (Lipinski definition) is 1. The number of para-hydroxylation sites is 2. The summed E-state index contributed by atoms with van der Waals surface area (Å²) in [5, 5.41) is 1.74. The monoisotopic (exact) mass is 468 g/mol. The first-order chi connectivity index (χ1) is 17.2. The van der Waals surface area contributed by atoms with Gasteiger partial charge in [0.25, 0.3) is 0 Å². The number of fused-ring (bicyclic) bond motifs is 5. The van der Waals surface area contributed by atoms with Gasteiger partial charge in [0.15, 0.2) is 11.4 Å². The molecular weight excluding hydrogens is 438 g/mol. The van der Waals surface area contributed by atoms with Gasteiger partial charge < -0.3 is 10.6 Å². The fourth-order valence-electron chi connectivity index (χ4n) is 5.74. The second-order valence-corrected chi connectivity index (χ2v) is 9.41. The topological polar surface area (TPSA) is 69.9 Å². The molecule has 2 bridgehead atoms. The molecule has 0 saturated carbocycles. The Bertz CT molecular complexity index is 1290. The van der Waals surface area contributed by atoms with E-state index in [-0.39, 0.29) is 16.7 Å². The number of rotatable bonds is 4. The van der Waals surface area contributed by atoms with Crippen molar-refractivity contribution in [2.24, 2.45) is 5.73 Å². The first-order valence-electron chi connectivity index (χ1n) is 12.5. The molecule has 1 atom stereocenters. The van der Waals surface area contributed by atoms with Gasteiger partial charge >= 0.3 is 12.1 Å². The summed E-state index contributed by atoms with van der Waals surface area (Å²) in [6.45, 7) is 2.42. The van der Waals surface area contributed by atoms with Gasteiger partial charge in [-0.25, -0.2) is 9.59 Å². The molecule has 7 heteroatoms. The fraction of sp³-hybridized carbons (Fsp3) is 0.286. The van der Waals surface area contributed by atoms with E-state index in [1.165, 1.54) is 0 Å². The van der Waals surface area contributed by atoms with E-state index in [0.29, 0.717) is 32.6 Å². The molecule has 3 heterocycles. The molecular formula is C28H30N5O2+. The molecule has 6 rings (SSSR count). The smallest absolute Gasteiger partial charge is 0.330 e. The van der Waals surface area contributed by atoms with Crippen molar-refractivity contribution >= 4 is 34.8 Å². The Balaban J connectivity index is 1.56. The number of hydrogen-bond acceptors (Lipinski definition) is 3. The van der Waals surface area contributed by atoms with E-state index in [0.717, 1.165) is 53.1 Å². The van der Waals surface area contributed by atoms with Crippen LogP contribution in [0.2, 0.25) is 0 Å². The third kappa shape index (κ3) is 3.12. The van der Waals surface area contributed by atoms with Gasteiger partial charge in [0.05, 0.1) is 0 Å². The highest BCUT2D eigenvalue weighted by atomic mass is 16.2. The maximum absolute atomic E-state index is 14.4. The molecule has 4 amide bonds. The normalized spacial score (nSPS) is 20.6. The Kier molecular flexibility index (Phi) is 5.31. The van der Waals surface area contributed by atoms with E-state index in [2.05, 4.69) is 0 Å². The van der Waals surface area contributed by atoms with Crippen LogP contribution in [0.5, 0.6) is 0 Å². The Morgan fingerprint density at radius 3 is 2.40 bits per heavy atom. The molecule has 35 heavy (non-hydrogen) atoms. The van der Waals surface area contributed by atoms with Crippen LogP contribution in [0.1, 0.15) is 25.7 Å². The molecule has 3 aliphatic rings. The summed E-state index contributed by atoms with van der Waals surface area (Å²) in [6.07, 6.45) is 3.78. The van der Waals surface area contributed by atoms with Crippen molar-refractivity contribution in [3.05, 3.63) is 72.8 Å². The molecule has 3 aliphatic heterocycles. The number of likely N-dealkylation sites (tertiary alicyclic amines) is 1. The minimum Gasteiger partial charge on any atom is -0.330 e. The predicted molar refractivity (Wildman–Crippen MR) is 139 cm³/mol. The Hall–Kier alpha value is -3.68. The fourth-order valence-corrected chi connectivity index (χ4v) is 5.74. The van der Waals surface area contributed by atoms with E-state index in [4.69, 9.17) is 5.73 Å². The van der Waals surface area contributed by atoms with E-state index in [9.17, 15) is 9.59 Å². The van der Waals surface area contributed by atoms with Gasteiger partial charge in [0.2, 0.25) is 0 Å². The lowest BCUT2D eigenvalue weighted by Gasteiger charge is -2.38. The number of nitrogens with two attached hydrogens (primary N) is 1. The van der Waals surface area contributed by atoms with Crippen molar-refractivity contribution in [2.75, 3.05) is 36.1 Å². The number of piperidine rings is 1. The summed E-state index contributed by atoms with van der Waals surface area (Å²) >= 11 is 0. The standard InChI is InChI=1S/C28H30N5O2/c29-16-9-19-31-24-12-5-6-13-26(24)33(28(31)35)22-14-15-23(21-10-3-1-4-11-21)25(20-22)32(33)27(34)30-17-7-2-8-18-30/h1,3-6,10-15,20H,2,7-9,16-19,29H2/q+1. The largest absolute Gasteiger partial charge is 0.459 e. The summed E-state index contributed by atoms with van der Waals surface area (Å²) in [5.74, 6) is 0. The van der Waals surface area contributed by atoms with E-state index >= 15 is 0 Å². The quantitative estimate of drug-likeness (QED) is 0.505. The Morgan fingerprint density at radius 1 is 0.886 bits per heavy atom. The van der Waals surface area contributed by atoms with Crippen molar-refractivity contribution in [2.45, 2.75) is 25.7 Å². The van der Waals surface area contributed by atoms with Gasteiger partial charge in [0.1, 0.15) is 11.4 Å². The van der Waals surface area contributed by atoms with Crippen LogP contribution in [-0.4, -0.2) is 43.1 Å². The van der Waals surface area contributed by atoms with Crippen LogP contribution in [0.15, 0.2) is 72.8 Å². The molecule has 3 aromatic carbocycles. The predicted octanol–water partition coefficient (Wildman–Crippen LogP) is 5.62. The van der Waals surface area contributed by atoms with Gasteiger partial charge in [-0.2, -0.15) is 0 Å². The zero-order valence-corrected chi connectivity index (χ0v) is 19.8. The molecule has 2 N–H and O–H groups in total. The molecule has 178 valence electrons. The van der Waals surface area contributed by atoms with Crippen molar-refractivity contribution in [3.63, 3.8) is 0 Å². The van der Waals surface area contributed by atoms with Crippen molar-refractivity contribution in [1.29, 1.82) is 0 Å². The van der Waals surface area contributed by atoms with Crippen LogP contribution in [-0.2, 0) is 0 Å². The summed E-state index contributed by atoms with van der Waals surface area (Å²) < 4.78 is -0.252. The van der Waals surface area contributed by atoms with Gasteiger partial charge in [-0.1, -0.05) is 47.1 Å². The second kappa shape index (κ2) is 8.52. The third-order valence-electron chi connectivity index (χ3n) is 7.39. The molecule has 0 radical (unpaired) electrons. The van der Waals surface area contributed by atoms with Gasteiger partial charge in [0, 0.05) is 43.4 Å². The molecule has 0 aliphatic carbocycles. The van der Waals surface area contributed by atoms with E-state index < -0.39 is 0 Å². The highest BCUT2D eigenvalue weighted by molar-refractivity contribution is 6.20. The number of amides is 4. The lowest BCUT2D eigenvalue weighted by molar-refractivity contribution is 0.179. The minimum absolute atomic E-state index is 0.119. The van der Waals surface area contributed by atoms with Crippen molar-refractivity contribution < 1.29 is 9.59 Å². The number of benzene rings is 3. The number of nitrogens with zero attached hydrogens (tertiary/aromatic N) is 4. The molecule has 7 nitrogen and oxygen atoms in total. The lowest BCUT2D eigenvalue weighted by Crippen LogP contribution is -2.65. The van der Waals surface area contributed by atoms with Gasteiger partial charge in [-0.05, 0) is 49.9 Å². The average Bonchev–Trinajstić information content (AvgIpc) is 3.32. The maximum Gasteiger partial charge on any atom is 0.459 e. The summed E-state index contributed by atoms with van der Waals surface area (Å²) in [4.78, 5) is 32.4. The van der Waals surface area contributed by atoms with Crippen molar-refractivity contribution in [1.82, 2.24) is 9.49 Å². The first kappa shape index (κ1) is 21.8. The lowest BCUT2D eigenvalue weighted by atomic mass is 10.0. The Morgan fingerprint density at radius 2 is 1.63 bits per heavy atom. The number of carbonyl (C=O) groups is 2. The number of anilines is 2. The number of carbonyl (C=O) groups excluding carboxylic acids is 2. The average molecular weight is 469 g/mol. The van der Waals surface area contributed by atoms with Gasteiger partial charge in [-0.3, -0.25) is 4.90 Å². The van der Waals surface area contributed by atoms with Gasteiger partial charge in [-0.15, -0.1) is 5.01 Å². The zero-order chi connectivity index (χ0) is 24.0. The zero-order valence-electron chi connectivity index (χ0n) is 19.8. The SMILES string of the molecule is NCCCN1C(=O)[N+]2(c3ccc(-c4ccccc4)c(c3)N2C(=O)N2CCCCC2)c2ccccc21. The summed E-state index contributed by atoms with van der Waals surface area (Å²) in [6, 6.07) is 23.7. The van der Waals surface area contributed by atoms with Crippen LogP contribution < -0.4 is 20.2 Å². The highest BCUT2D eigenvalue weighted by Crippen LogP contribution is 2.57.